The molecule has 1 spiro atoms. The van der Waals surface area contributed by atoms with Crippen molar-refractivity contribution in [3.63, 3.8) is 0 Å². The summed E-state index contributed by atoms with van der Waals surface area (Å²) in [5, 5.41) is 0. The average Bonchev–Trinajstić information content (AvgIpc) is 2.94. The zero-order chi connectivity index (χ0) is 11.0. The smallest absolute Gasteiger partial charge is 0.0767 e. The van der Waals surface area contributed by atoms with Crippen LogP contribution in [0.3, 0.4) is 0 Å². The number of ether oxygens (including phenoxy) is 1. The van der Waals surface area contributed by atoms with Crippen LogP contribution in [0.25, 0.3) is 0 Å². The zero-order valence-corrected chi connectivity index (χ0v) is 10.1. The van der Waals surface area contributed by atoms with E-state index >= 15 is 0 Å². The second-order valence-electron chi connectivity index (χ2n) is 5.91. The Hall–Kier alpha value is -0.340. The van der Waals surface area contributed by atoms with E-state index in [1.807, 2.05) is 0 Å². The fraction of sp³-hybridized carbons (Fsp3) is 0.857. The van der Waals surface area contributed by atoms with Crippen LogP contribution in [-0.4, -0.2) is 17.7 Å². The van der Waals surface area contributed by atoms with E-state index in [1.54, 1.807) is 5.57 Å². The van der Waals surface area contributed by atoms with E-state index < -0.39 is 0 Å². The molecular weight excluding hydrogens is 198 g/mol. The Kier molecular flexibility index (Phi) is 2.80. The Morgan fingerprint density at radius 2 is 2.00 bits per heavy atom. The maximum Gasteiger partial charge on any atom is 0.0767 e. The third kappa shape index (κ3) is 2.05. The Bertz CT molecular complexity index is 291. The van der Waals surface area contributed by atoms with Crippen LogP contribution in [-0.2, 0) is 4.74 Å². The van der Waals surface area contributed by atoms with Gasteiger partial charge in [0.05, 0.1) is 11.7 Å². The van der Waals surface area contributed by atoms with Gasteiger partial charge in [0.15, 0.2) is 0 Å². The van der Waals surface area contributed by atoms with Crippen molar-refractivity contribution in [3.8, 4) is 0 Å². The van der Waals surface area contributed by atoms with Crippen LogP contribution in [0, 0.1) is 0 Å². The fourth-order valence-corrected chi connectivity index (χ4v) is 3.67. The highest BCUT2D eigenvalue weighted by molar-refractivity contribution is 5.14. The SMILES string of the molecule is NC1CCC(=CC2CCC3(CCCC3)O2)C1. The minimum atomic E-state index is 0.280. The first-order valence-corrected chi connectivity index (χ1v) is 6.89. The second-order valence-corrected chi connectivity index (χ2v) is 5.91. The van der Waals surface area contributed by atoms with Gasteiger partial charge in [0.25, 0.3) is 0 Å². The molecule has 0 aromatic carbocycles. The van der Waals surface area contributed by atoms with Crippen LogP contribution < -0.4 is 5.73 Å². The molecule has 3 aliphatic rings. The summed E-state index contributed by atoms with van der Waals surface area (Å²) in [6, 6.07) is 0.410. The zero-order valence-electron chi connectivity index (χ0n) is 10.1. The molecule has 2 heteroatoms. The number of hydrogen-bond donors (Lipinski definition) is 1. The van der Waals surface area contributed by atoms with Gasteiger partial charge >= 0.3 is 0 Å². The van der Waals surface area contributed by atoms with Crippen molar-refractivity contribution in [3.05, 3.63) is 11.6 Å². The van der Waals surface area contributed by atoms with Crippen LogP contribution in [0.2, 0.25) is 0 Å². The van der Waals surface area contributed by atoms with Crippen LogP contribution in [0.1, 0.15) is 57.8 Å². The largest absolute Gasteiger partial charge is 0.368 e. The summed E-state index contributed by atoms with van der Waals surface area (Å²) in [5.74, 6) is 0. The Balaban J connectivity index is 1.61. The molecule has 0 radical (unpaired) electrons. The normalized spacial score (nSPS) is 40.2. The molecule has 1 saturated heterocycles. The van der Waals surface area contributed by atoms with Crippen molar-refractivity contribution in [1.29, 1.82) is 0 Å². The van der Waals surface area contributed by atoms with Gasteiger partial charge in [0, 0.05) is 6.04 Å². The Morgan fingerprint density at radius 1 is 1.19 bits per heavy atom. The van der Waals surface area contributed by atoms with E-state index in [9.17, 15) is 0 Å². The van der Waals surface area contributed by atoms with E-state index in [0.717, 1.165) is 6.42 Å². The summed E-state index contributed by atoms with van der Waals surface area (Å²) < 4.78 is 6.29. The molecule has 2 atom stereocenters. The maximum atomic E-state index is 6.29. The highest BCUT2D eigenvalue weighted by atomic mass is 16.5. The molecule has 2 N–H and O–H groups in total. The number of nitrogens with two attached hydrogens (primary N) is 1. The van der Waals surface area contributed by atoms with Gasteiger partial charge in [-0.3, -0.25) is 0 Å². The highest BCUT2D eigenvalue weighted by Crippen LogP contribution is 2.44. The lowest BCUT2D eigenvalue weighted by atomic mass is 9.98. The number of hydrogen-bond acceptors (Lipinski definition) is 2. The molecule has 90 valence electrons. The molecular formula is C14H23NO. The Labute approximate surface area is 98.2 Å². The molecule has 2 saturated carbocycles. The molecule has 2 nitrogen and oxygen atoms in total. The monoisotopic (exact) mass is 221 g/mol. The molecule has 2 aliphatic carbocycles. The first-order valence-electron chi connectivity index (χ1n) is 6.89. The first kappa shape index (κ1) is 10.8. The maximum absolute atomic E-state index is 6.29. The highest BCUT2D eigenvalue weighted by Gasteiger charge is 2.41. The minimum absolute atomic E-state index is 0.280. The van der Waals surface area contributed by atoms with E-state index in [1.165, 1.54) is 51.4 Å². The standard InChI is InChI=1S/C14H23NO/c15-12-4-3-11(9-12)10-13-5-8-14(16-13)6-1-2-7-14/h10,12-13H,1-9,15H2. The van der Waals surface area contributed by atoms with Gasteiger partial charge in [0.1, 0.15) is 0 Å². The van der Waals surface area contributed by atoms with Crippen LogP contribution in [0.5, 0.6) is 0 Å². The van der Waals surface area contributed by atoms with E-state index in [-0.39, 0.29) is 5.60 Å². The average molecular weight is 221 g/mol. The van der Waals surface area contributed by atoms with Gasteiger partial charge in [-0.1, -0.05) is 24.5 Å². The predicted molar refractivity (Wildman–Crippen MR) is 65.2 cm³/mol. The molecule has 3 rings (SSSR count). The van der Waals surface area contributed by atoms with Crippen LogP contribution in [0.15, 0.2) is 11.6 Å². The molecule has 1 heterocycles. The van der Waals surface area contributed by atoms with Crippen molar-refractivity contribution >= 4 is 0 Å². The van der Waals surface area contributed by atoms with E-state index in [0.29, 0.717) is 12.1 Å². The second kappa shape index (κ2) is 4.15. The fourth-order valence-electron chi connectivity index (χ4n) is 3.67. The van der Waals surface area contributed by atoms with Gasteiger partial charge in [-0.05, 0) is 44.9 Å². The lowest BCUT2D eigenvalue weighted by Crippen LogP contribution is -2.24. The first-order chi connectivity index (χ1) is 7.76. The quantitative estimate of drug-likeness (QED) is 0.691. The van der Waals surface area contributed by atoms with E-state index in [4.69, 9.17) is 10.5 Å². The third-order valence-electron chi connectivity index (χ3n) is 4.58. The van der Waals surface area contributed by atoms with Crippen molar-refractivity contribution < 1.29 is 4.74 Å². The van der Waals surface area contributed by atoms with Gasteiger partial charge in [0.2, 0.25) is 0 Å². The van der Waals surface area contributed by atoms with Gasteiger partial charge in [-0.2, -0.15) is 0 Å². The van der Waals surface area contributed by atoms with Crippen molar-refractivity contribution in [2.75, 3.05) is 0 Å². The summed E-state index contributed by atoms with van der Waals surface area (Å²) in [4.78, 5) is 0. The van der Waals surface area contributed by atoms with Gasteiger partial charge < -0.3 is 10.5 Å². The molecule has 2 unspecified atom stereocenters. The van der Waals surface area contributed by atoms with Crippen molar-refractivity contribution in [2.24, 2.45) is 5.73 Å². The van der Waals surface area contributed by atoms with Crippen LogP contribution in [0.4, 0.5) is 0 Å². The van der Waals surface area contributed by atoms with Gasteiger partial charge in [-0.25, -0.2) is 0 Å². The van der Waals surface area contributed by atoms with Gasteiger partial charge in [-0.15, -0.1) is 0 Å². The minimum Gasteiger partial charge on any atom is -0.368 e. The molecule has 0 aromatic heterocycles. The number of rotatable bonds is 1. The lowest BCUT2D eigenvalue weighted by molar-refractivity contribution is -0.0181. The lowest BCUT2D eigenvalue weighted by Gasteiger charge is -2.23. The summed E-state index contributed by atoms with van der Waals surface area (Å²) in [7, 11) is 0. The van der Waals surface area contributed by atoms with E-state index in [2.05, 4.69) is 6.08 Å². The predicted octanol–water partition coefficient (Wildman–Crippen LogP) is 2.92. The summed E-state index contributed by atoms with van der Waals surface area (Å²) >= 11 is 0. The van der Waals surface area contributed by atoms with Crippen LogP contribution >= 0.6 is 0 Å². The molecule has 0 aromatic rings. The molecule has 0 amide bonds. The summed E-state index contributed by atoms with van der Waals surface area (Å²) in [6.07, 6.45) is 14.1. The Morgan fingerprint density at radius 3 is 2.69 bits per heavy atom. The molecule has 16 heavy (non-hydrogen) atoms. The third-order valence-corrected chi connectivity index (χ3v) is 4.58. The molecule has 3 fully saturated rings. The molecule has 0 bridgehead atoms. The summed E-state index contributed by atoms with van der Waals surface area (Å²) in [5.41, 5.74) is 7.76. The topological polar surface area (TPSA) is 35.2 Å². The molecule has 1 aliphatic heterocycles. The summed E-state index contributed by atoms with van der Waals surface area (Å²) in [6.45, 7) is 0. The van der Waals surface area contributed by atoms with Crippen molar-refractivity contribution in [2.45, 2.75) is 75.5 Å². The van der Waals surface area contributed by atoms with Crippen molar-refractivity contribution in [1.82, 2.24) is 0 Å².